The third kappa shape index (κ3) is 4.15. The van der Waals surface area contributed by atoms with Gasteiger partial charge in [0.05, 0.1) is 0 Å². The zero-order chi connectivity index (χ0) is 9.57. The van der Waals surface area contributed by atoms with Crippen molar-refractivity contribution in [3.8, 4) is 0 Å². The third-order valence-electron chi connectivity index (χ3n) is 3.69. The maximum atomic E-state index is 2.50. The fraction of sp³-hybridized carbons (Fsp3) is 1.00. The van der Waals surface area contributed by atoms with Gasteiger partial charge in [-0.05, 0) is 24.7 Å². The average molecular weight is 182 g/mol. The van der Waals surface area contributed by atoms with E-state index in [1.807, 2.05) is 0 Å². The Bertz CT molecular complexity index is 120. The lowest BCUT2D eigenvalue weighted by Crippen LogP contribution is -2.10. The number of unbranched alkanes of at least 4 members (excludes halogenated alkanes) is 4. The van der Waals surface area contributed by atoms with Crippen molar-refractivity contribution in [2.75, 3.05) is 0 Å². The van der Waals surface area contributed by atoms with Crippen LogP contribution in [0.3, 0.4) is 0 Å². The van der Waals surface area contributed by atoms with E-state index in [2.05, 4.69) is 13.8 Å². The summed E-state index contributed by atoms with van der Waals surface area (Å²) in [6.07, 6.45) is 14.7. The summed E-state index contributed by atoms with van der Waals surface area (Å²) in [5.41, 5.74) is 0.742. The lowest BCUT2D eigenvalue weighted by atomic mass is 9.83. The van der Waals surface area contributed by atoms with Gasteiger partial charge >= 0.3 is 0 Å². The quantitative estimate of drug-likeness (QED) is 0.511. The Labute approximate surface area is 84.1 Å². The van der Waals surface area contributed by atoms with Crippen molar-refractivity contribution in [3.05, 3.63) is 0 Å². The van der Waals surface area contributed by atoms with Gasteiger partial charge in [0.1, 0.15) is 0 Å². The smallest absolute Gasteiger partial charge is 0.0326 e. The third-order valence-corrected chi connectivity index (χ3v) is 3.69. The molecular weight excluding hydrogens is 156 g/mol. The zero-order valence-electron chi connectivity index (χ0n) is 9.57. The van der Waals surface area contributed by atoms with Crippen LogP contribution in [0.2, 0.25) is 0 Å². The predicted octanol–water partition coefficient (Wildman–Crippen LogP) is 4.93. The topological polar surface area (TPSA) is 0 Å². The molecule has 13 heavy (non-hydrogen) atoms. The monoisotopic (exact) mass is 182 g/mol. The van der Waals surface area contributed by atoms with Crippen LogP contribution in [0.1, 0.15) is 78.1 Å². The lowest BCUT2D eigenvalue weighted by molar-refractivity contribution is 0.294. The molecule has 0 nitrogen and oxygen atoms in total. The van der Waals surface area contributed by atoms with Crippen molar-refractivity contribution in [1.82, 2.24) is 0 Å². The van der Waals surface area contributed by atoms with E-state index >= 15 is 0 Å². The summed E-state index contributed by atoms with van der Waals surface area (Å²) in [5, 5.41) is 0. The van der Waals surface area contributed by atoms with Gasteiger partial charge in [-0.3, -0.25) is 0 Å². The van der Waals surface area contributed by atoms with Crippen LogP contribution in [0, 0.1) is 5.41 Å². The first-order valence-electron chi connectivity index (χ1n) is 6.27. The van der Waals surface area contributed by atoms with Crippen LogP contribution in [-0.2, 0) is 0 Å². The van der Waals surface area contributed by atoms with E-state index in [1.54, 1.807) is 0 Å². The highest BCUT2D eigenvalue weighted by Crippen LogP contribution is 2.41. The van der Waals surface area contributed by atoms with Gasteiger partial charge in [-0.25, -0.2) is 0 Å². The Morgan fingerprint density at radius 2 is 1.54 bits per heavy atom. The van der Waals surface area contributed by atoms with Crippen LogP contribution in [0.25, 0.3) is 0 Å². The van der Waals surface area contributed by atoms with Crippen LogP contribution in [0.5, 0.6) is 0 Å². The highest BCUT2D eigenvalue weighted by Gasteiger charge is 2.27. The fourth-order valence-corrected chi connectivity index (χ4v) is 2.63. The molecule has 0 atom stereocenters. The summed E-state index contributed by atoms with van der Waals surface area (Å²) >= 11 is 0. The van der Waals surface area contributed by atoms with Gasteiger partial charge < -0.3 is 0 Å². The number of hydrogen-bond donors (Lipinski definition) is 0. The Hall–Kier alpha value is 0. The molecule has 0 unspecified atom stereocenters. The molecule has 0 amide bonds. The lowest BCUT2D eigenvalue weighted by Gasteiger charge is -2.22. The Morgan fingerprint density at radius 1 is 0.923 bits per heavy atom. The molecule has 0 aromatic heterocycles. The number of rotatable bonds is 6. The minimum absolute atomic E-state index is 0.742. The summed E-state index contributed by atoms with van der Waals surface area (Å²) in [6, 6.07) is 0. The van der Waals surface area contributed by atoms with Gasteiger partial charge in [0.15, 0.2) is 0 Å². The molecule has 0 spiro atoms. The Balaban J connectivity index is 1.98. The van der Waals surface area contributed by atoms with Crippen LogP contribution in [0.4, 0.5) is 0 Å². The first-order chi connectivity index (χ1) is 6.27. The van der Waals surface area contributed by atoms with Crippen LogP contribution in [-0.4, -0.2) is 0 Å². The van der Waals surface area contributed by atoms with Crippen LogP contribution in [0.15, 0.2) is 0 Å². The summed E-state index contributed by atoms with van der Waals surface area (Å²) in [6.45, 7) is 4.79. The minimum atomic E-state index is 0.742. The number of hydrogen-bond acceptors (Lipinski definition) is 0. The Kier molecular flexibility index (Phi) is 4.83. The highest BCUT2D eigenvalue weighted by molar-refractivity contribution is 4.79. The van der Waals surface area contributed by atoms with Gasteiger partial charge in [0.2, 0.25) is 0 Å². The molecule has 1 aliphatic carbocycles. The van der Waals surface area contributed by atoms with Crippen molar-refractivity contribution in [1.29, 1.82) is 0 Å². The standard InChI is InChI=1S/C13H26/c1-3-4-5-6-7-10-13(2)11-8-9-12-13/h3-12H2,1-2H3. The first-order valence-corrected chi connectivity index (χ1v) is 6.27. The van der Waals surface area contributed by atoms with Crippen molar-refractivity contribution in [2.45, 2.75) is 78.1 Å². The van der Waals surface area contributed by atoms with Crippen LogP contribution >= 0.6 is 0 Å². The second kappa shape index (κ2) is 5.67. The minimum Gasteiger partial charge on any atom is -0.0654 e. The molecule has 78 valence electrons. The van der Waals surface area contributed by atoms with E-state index in [-0.39, 0.29) is 0 Å². The maximum Gasteiger partial charge on any atom is -0.0326 e. The van der Waals surface area contributed by atoms with Crippen molar-refractivity contribution >= 4 is 0 Å². The van der Waals surface area contributed by atoms with E-state index in [1.165, 1.54) is 64.2 Å². The van der Waals surface area contributed by atoms with E-state index in [9.17, 15) is 0 Å². The molecule has 0 radical (unpaired) electrons. The molecule has 0 heterocycles. The molecule has 0 aromatic carbocycles. The summed E-state index contributed by atoms with van der Waals surface area (Å²) in [4.78, 5) is 0. The second-order valence-electron chi connectivity index (χ2n) is 5.18. The van der Waals surface area contributed by atoms with Crippen LogP contribution < -0.4 is 0 Å². The van der Waals surface area contributed by atoms with Crippen molar-refractivity contribution in [2.24, 2.45) is 5.41 Å². The molecule has 0 bridgehead atoms. The van der Waals surface area contributed by atoms with Gasteiger partial charge in [0, 0.05) is 0 Å². The largest absolute Gasteiger partial charge is 0.0654 e. The zero-order valence-corrected chi connectivity index (χ0v) is 9.57. The molecule has 0 aliphatic heterocycles. The SMILES string of the molecule is CCCCCCCC1(C)CCCC1. The highest BCUT2D eigenvalue weighted by atomic mass is 14.3. The van der Waals surface area contributed by atoms with Gasteiger partial charge in [-0.15, -0.1) is 0 Å². The van der Waals surface area contributed by atoms with Gasteiger partial charge in [-0.2, -0.15) is 0 Å². The maximum absolute atomic E-state index is 2.50. The summed E-state index contributed by atoms with van der Waals surface area (Å²) < 4.78 is 0. The first kappa shape index (κ1) is 11.1. The second-order valence-corrected chi connectivity index (χ2v) is 5.18. The van der Waals surface area contributed by atoms with Gasteiger partial charge in [0.25, 0.3) is 0 Å². The molecular formula is C13H26. The predicted molar refractivity (Wildman–Crippen MR) is 60.0 cm³/mol. The molecule has 1 rings (SSSR count). The van der Waals surface area contributed by atoms with E-state index in [0.29, 0.717) is 0 Å². The summed E-state index contributed by atoms with van der Waals surface area (Å²) in [7, 11) is 0. The fourth-order valence-electron chi connectivity index (χ4n) is 2.63. The molecule has 1 aliphatic rings. The van der Waals surface area contributed by atoms with Crippen molar-refractivity contribution < 1.29 is 0 Å². The normalized spacial score (nSPS) is 20.8. The van der Waals surface area contributed by atoms with E-state index in [4.69, 9.17) is 0 Å². The molecule has 0 N–H and O–H groups in total. The van der Waals surface area contributed by atoms with E-state index in [0.717, 1.165) is 5.41 Å². The van der Waals surface area contributed by atoms with E-state index < -0.39 is 0 Å². The molecule has 0 heteroatoms. The summed E-state index contributed by atoms with van der Waals surface area (Å²) in [5.74, 6) is 0. The molecule has 0 aromatic rings. The molecule has 0 saturated heterocycles. The molecule has 1 fully saturated rings. The molecule has 1 saturated carbocycles. The van der Waals surface area contributed by atoms with Crippen molar-refractivity contribution in [3.63, 3.8) is 0 Å². The Morgan fingerprint density at radius 3 is 2.15 bits per heavy atom. The average Bonchev–Trinajstić information content (AvgIpc) is 2.53. The van der Waals surface area contributed by atoms with Gasteiger partial charge in [-0.1, -0.05) is 58.8 Å².